The molecule has 0 atom stereocenters. The zero-order chi connectivity index (χ0) is 13.4. The predicted octanol–water partition coefficient (Wildman–Crippen LogP) is 1.64. The minimum absolute atomic E-state index is 0.781. The summed E-state index contributed by atoms with van der Waals surface area (Å²) in [6, 6.07) is 6.01. The zero-order valence-corrected chi connectivity index (χ0v) is 11.1. The van der Waals surface area contributed by atoms with E-state index in [1.807, 2.05) is 24.4 Å². The number of nitrogens with one attached hydrogen (secondary N) is 2. The highest BCUT2D eigenvalue weighted by Gasteiger charge is 2.20. The van der Waals surface area contributed by atoms with Crippen LogP contribution in [-0.2, 0) is 6.54 Å². The maximum Gasteiger partial charge on any atom is 0.0969 e. The molecule has 3 aromatic rings. The van der Waals surface area contributed by atoms with Crippen LogP contribution in [0.15, 0.2) is 30.7 Å². The molecule has 0 saturated heterocycles. The van der Waals surface area contributed by atoms with Gasteiger partial charge in [-0.05, 0) is 43.5 Å². The van der Waals surface area contributed by atoms with Crippen LogP contribution in [0.5, 0.6) is 0 Å². The van der Waals surface area contributed by atoms with Crippen LogP contribution in [0.3, 0.4) is 0 Å². The summed E-state index contributed by atoms with van der Waals surface area (Å²) in [6.07, 6.45) is 6.40. The van der Waals surface area contributed by atoms with E-state index in [1.54, 1.807) is 11.0 Å². The van der Waals surface area contributed by atoms with Gasteiger partial charge in [-0.2, -0.15) is 0 Å². The van der Waals surface area contributed by atoms with E-state index in [1.165, 1.54) is 12.8 Å². The highest BCUT2D eigenvalue weighted by atomic mass is 15.4. The van der Waals surface area contributed by atoms with Crippen molar-refractivity contribution in [1.29, 1.82) is 0 Å². The van der Waals surface area contributed by atoms with Crippen LogP contribution >= 0.6 is 0 Å². The molecule has 6 nitrogen and oxygen atoms in total. The van der Waals surface area contributed by atoms with Crippen LogP contribution in [-0.4, -0.2) is 31.5 Å². The molecule has 2 heterocycles. The minimum atomic E-state index is 0.781. The molecule has 102 valence electrons. The second-order valence-electron chi connectivity index (χ2n) is 5.33. The first-order chi connectivity index (χ1) is 9.88. The smallest absolute Gasteiger partial charge is 0.0969 e. The molecule has 0 unspecified atom stereocenters. The van der Waals surface area contributed by atoms with E-state index in [0.717, 1.165) is 41.4 Å². The van der Waals surface area contributed by atoms with E-state index >= 15 is 0 Å². The Bertz CT molecular complexity index is 724. The summed E-state index contributed by atoms with van der Waals surface area (Å²) in [4.78, 5) is 7.32. The fourth-order valence-corrected chi connectivity index (χ4v) is 2.30. The number of aromatic nitrogens is 5. The van der Waals surface area contributed by atoms with Gasteiger partial charge in [0.15, 0.2) is 0 Å². The van der Waals surface area contributed by atoms with Crippen LogP contribution in [0.1, 0.15) is 18.5 Å². The molecule has 0 amide bonds. The molecule has 1 saturated carbocycles. The van der Waals surface area contributed by atoms with Gasteiger partial charge in [0.25, 0.3) is 0 Å². The van der Waals surface area contributed by atoms with Gasteiger partial charge < -0.3 is 10.3 Å². The first kappa shape index (κ1) is 11.6. The van der Waals surface area contributed by atoms with Gasteiger partial charge in [0, 0.05) is 6.54 Å². The summed E-state index contributed by atoms with van der Waals surface area (Å²) in [7, 11) is 0. The first-order valence-electron chi connectivity index (χ1n) is 6.94. The summed E-state index contributed by atoms with van der Waals surface area (Å²) in [5.41, 5.74) is 3.92. The Kier molecular flexibility index (Phi) is 2.74. The summed E-state index contributed by atoms with van der Waals surface area (Å²) >= 11 is 0. The Morgan fingerprint density at radius 2 is 2.30 bits per heavy atom. The van der Waals surface area contributed by atoms with E-state index < -0.39 is 0 Å². The molecule has 1 aromatic carbocycles. The number of rotatable bonds is 5. The summed E-state index contributed by atoms with van der Waals surface area (Å²) in [5, 5.41) is 11.8. The highest BCUT2D eigenvalue weighted by molar-refractivity contribution is 5.76. The predicted molar refractivity (Wildman–Crippen MR) is 75.4 cm³/mol. The van der Waals surface area contributed by atoms with Crippen molar-refractivity contribution in [2.45, 2.75) is 19.4 Å². The summed E-state index contributed by atoms with van der Waals surface area (Å²) in [5.74, 6) is 0.882. The maximum absolute atomic E-state index is 4.21. The molecule has 2 N–H and O–H groups in total. The highest BCUT2D eigenvalue weighted by Crippen LogP contribution is 2.27. The second-order valence-corrected chi connectivity index (χ2v) is 5.33. The molecular formula is C14H16N6. The van der Waals surface area contributed by atoms with Crippen molar-refractivity contribution in [1.82, 2.24) is 30.3 Å². The number of H-pyrrole nitrogens is 1. The number of hydrogen-bond donors (Lipinski definition) is 2. The summed E-state index contributed by atoms with van der Waals surface area (Å²) in [6.45, 7) is 1.87. The van der Waals surface area contributed by atoms with E-state index in [4.69, 9.17) is 0 Å². The first-order valence-corrected chi connectivity index (χ1v) is 6.94. The maximum atomic E-state index is 4.21. The lowest BCUT2D eigenvalue weighted by Gasteiger charge is -2.00. The number of fused-ring (bicyclic) bond motifs is 1. The lowest BCUT2D eigenvalue weighted by molar-refractivity contribution is 0.628. The molecule has 0 radical (unpaired) electrons. The lowest BCUT2D eigenvalue weighted by Crippen LogP contribution is -2.16. The molecule has 0 bridgehead atoms. The minimum Gasteiger partial charge on any atom is -0.345 e. The van der Waals surface area contributed by atoms with Gasteiger partial charge in [0.2, 0.25) is 0 Å². The molecule has 20 heavy (non-hydrogen) atoms. The van der Waals surface area contributed by atoms with Gasteiger partial charge in [-0.15, -0.1) is 5.10 Å². The van der Waals surface area contributed by atoms with Gasteiger partial charge in [-0.25, -0.2) is 9.67 Å². The standard InChI is InChI=1S/C14H16N6/c1-2-10(1)6-15-7-11-8-20(19-18-11)12-3-4-13-14(5-12)17-9-16-13/h3-5,8-10,15H,1-2,6-7H2,(H,16,17). The Labute approximate surface area is 116 Å². The fourth-order valence-electron chi connectivity index (χ4n) is 2.30. The largest absolute Gasteiger partial charge is 0.345 e. The van der Waals surface area contributed by atoms with Crippen LogP contribution < -0.4 is 5.32 Å². The SMILES string of the molecule is c1nc2ccc(-n3cc(CNCC4CC4)nn3)cc2[nH]1. The molecule has 2 aromatic heterocycles. The third-order valence-corrected chi connectivity index (χ3v) is 3.65. The van der Waals surface area contributed by atoms with Crippen molar-refractivity contribution in [2.24, 2.45) is 5.92 Å². The van der Waals surface area contributed by atoms with E-state index in [-0.39, 0.29) is 0 Å². The van der Waals surface area contributed by atoms with E-state index in [2.05, 4.69) is 25.6 Å². The monoisotopic (exact) mass is 268 g/mol. The van der Waals surface area contributed by atoms with Gasteiger partial charge in [-0.1, -0.05) is 5.21 Å². The van der Waals surface area contributed by atoms with Crippen LogP contribution in [0.4, 0.5) is 0 Å². The van der Waals surface area contributed by atoms with Crippen LogP contribution in [0.25, 0.3) is 16.7 Å². The van der Waals surface area contributed by atoms with Crippen molar-refractivity contribution < 1.29 is 0 Å². The van der Waals surface area contributed by atoms with Crippen molar-refractivity contribution in [2.75, 3.05) is 6.54 Å². The number of imidazole rings is 1. The Morgan fingerprint density at radius 1 is 1.35 bits per heavy atom. The van der Waals surface area contributed by atoms with Gasteiger partial charge >= 0.3 is 0 Å². The third kappa shape index (κ3) is 2.30. The third-order valence-electron chi connectivity index (χ3n) is 3.65. The Morgan fingerprint density at radius 3 is 3.20 bits per heavy atom. The van der Waals surface area contributed by atoms with Crippen molar-refractivity contribution in [3.8, 4) is 5.69 Å². The average Bonchev–Trinajstić information content (AvgIpc) is 2.99. The number of aromatic amines is 1. The van der Waals surface area contributed by atoms with Crippen molar-refractivity contribution >= 4 is 11.0 Å². The Hall–Kier alpha value is -2.21. The van der Waals surface area contributed by atoms with Crippen molar-refractivity contribution in [3.63, 3.8) is 0 Å². The van der Waals surface area contributed by atoms with Crippen LogP contribution in [0, 0.1) is 5.92 Å². The molecule has 1 aliphatic carbocycles. The quantitative estimate of drug-likeness (QED) is 0.738. The number of benzene rings is 1. The molecule has 0 aliphatic heterocycles. The fraction of sp³-hybridized carbons (Fsp3) is 0.357. The number of nitrogens with zero attached hydrogens (tertiary/aromatic N) is 4. The lowest BCUT2D eigenvalue weighted by atomic mass is 10.3. The second kappa shape index (κ2) is 4.72. The topological polar surface area (TPSA) is 71.4 Å². The Balaban J connectivity index is 1.50. The van der Waals surface area contributed by atoms with E-state index in [0.29, 0.717) is 0 Å². The van der Waals surface area contributed by atoms with E-state index in [9.17, 15) is 0 Å². The number of hydrogen-bond acceptors (Lipinski definition) is 4. The molecule has 1 fully saturated rings. The molecule has 0 spiro atoms. The molecule has 1 aliphatic rings. The van der Waals surface area contributed by atoms with Gasteiger partial charge in [0.05, 0.1) is 34.9 Å². The summed E-state index contributed by atoms with van der Waals surface area (Å²) < 4.78 is 1.80. The van der Waals surface area contributed by atoms with Crippen molar-refractivity contribution in [3.05, 3.63) is 36.4 Å². The molecule has 4 rings (SSSR count). The molecule has 6 heteroatoms. The average molecular weight is 268 g/mol. The molecular weight excluding hydrogens is 252 g/mol. The normalized spacial score (nSPS) is 15.0. The van der Waals surface area contributed by atoms with Gasteiger partial charge in [-0.3, -0.25) is 0 Å². The van der Waals surface area contributed by atoms with Crippen LogP contribution in [0.2, 0.25) is 0 Å². The van der Waals surface area contributed by atoms with Gasteiger partial charge in [0.1, 0.15) is 0 Å². The zero-order valence-electron chi connectivity index (χ0n) is 11.1.